The van der Waals surface area contributed by atoms with Crippen LogP contribution in [-0.4, -0.2) is 40.6 Å². The van der Waals surface area contributed by atoms with E-state index in [-0.39, 0.29) is 6.23 Å². The third-order valence-corrected chi connectivity index (χ3v) is 7.40. The van der Waals surface area contributed by atoms with Crippen molar-refractivity contribution in [3.8, 4) is 11.3 Å². The van der Waals surface area contributed by atoms with Crippen LogP contribution in [0.1, 0.15) is 31.2 Å². The van der Waals surface area contributed by atoms with Crippen LogP contribution in [0.25, 0.3) is 22.2 Å². The quantitative estimate of drug-likeness (QED) is 0.333. The van der Waals surface area contributed by atoms with E-state index < -0.39 is 8.07 Å². The van der Waals surface area contributed by atoms with Crippen molar-refractivity contribution >= 4 is 24.7 Å². The maximum Gasteiger partial charge on any atom is 0.150 e. The molecule has 0 radical (unpaired) electrons. The zero-order valence-corrected chi connectivity index (χ0v) is 19.5. The van der Waals surface area contributed by atoms with E-state index in [0.717, 1.165) is 72.1 Å². The van der Waals surface area contributed by atoms with Gasteiger partial charge in [0.25, 0.3) is 0 Å². The summed E-state index contributed by atoms with van der Waals surface area (Å²) in [6.45, 7) is 11.2. The maximum atomic E-state index is 6.43. The minimum atomic E-state index is -1.11. The molecular formula is C22H33N5O2Si. The number of nitrogens with two attached hydrogens (primary N) is 1. The van der Waals surface area contributed by atoms with Crippen molar-refractivity contribution in [2.24, 2.45) is 0 Å². The van der Waals surface area contributed by atoms with E-state index in [1.807, 2.05) is 30.2 Å². The smallest absolute Gasteiger partial charge is 0.150 e. The monoisotopic (exact) mass is 427 g/mol. The van der Waals surface area contributed by atoms with Crippen LogP contribution in [0.15, 0.2) is 24.7 Å². The Morgan fingerprint density at radius 1 is 1.27 bits per heavy atom. The molecule has 1 unspecified atom stereocenters. The number of nitrogens with zero attached hydrogens (tertiary/aromatic N) is 4. The second-order valence-electron chi connectivity index (χ2n) is 9.41. The largest absolute Gasteiger partial charge is 0.398 e. The van der Waals surface area contributed by atoms with Gasteiger partial charge in [-0.1, -0.05) is 19.6 Å². The molecule has 3 aromatic rings. The molecule has 0 saturated carbocycles. The van der Waals surface area contributed by atoms with Gasteiger partial charge in [-0.15, -0.1) is 0 Å². The molecule has 7 nitrogen and oxygen atoms in total. The summed E-state index contributed by atoms with van der Waals surface area (Å²) in [6, 6.07) is 5.31. The molecule has 162 valence electrons. The van der Waals surface area contributed by atoms with Crippen LogP contribution < -0.4 is 5.73 Å². The number of hydrogen-bond donors (Lipinski definition) is 1. The number of imidazole rings is 1. The molecule has 4 rings (SSSR count). The Labute approximate surface area is 179 Å². The molecule has 1 aliphatic heterocycles. The molecule has 3 heterocycles. The van der Waals surface area contributed by atoms with Crippen molar-refractivity contribution in [2.45, 2.75) is 64.8 Å². The highest BCUT2D eigenvalue weighted by Crippen LogP contribution is 2.34. The van der Waals surface area contributed by atoms with Crippen molar-refractivity contribution in [1.82, 2.24) is 19.3 Å². The predicted molar refractivity (Wildman–Crippen MR) is 123 cm³/mol. The lowest BCUT2D eigenvalue weighted by atomic mass is 10.1. The zero-order valence-electron chi connectivity index (χ0n) is 18.5. The SMILES string of the molecule is Cc1ncn(COCC[Si](C)(C)C)c1-c1cc(N)c2cnn(C3CCCCO3)c2c1. The average Bonchev–Trinajstić information content (AvgIpc) is 3.29. The van der Waals surface area contributed by atoms with Crippen molar-refractivity contribution in [3.63, 3.8) is 0 Å². The summed E-state index contributed by atoms with van der Waals surface area (Å²) in [7, 11) is -1.11. The molecule has 2 N–H and O–H groups in total. The van der Waals surface area contributed by atoms with E-state index in [4.69, 9.17) is 15.2 Å². The summed E-state index contributed by atoms with van der Waals surface area (Å²) in [4.78, 5) is 4.53. The van der Waals surface area contributed by atoms with E-state index in [9.17, 15) is 0 Å². The molecule has 30 heavy (non-hydrogen) atoms. The predicted octanol–water partition coefficient (Wildman–Crippen LogP) is 4.80. The number of aryl methyl sites for hydroxylation is 1. The summed E-state index contributed by atoms with van der Waals surface area (Å²) in [5.74, 6) is 0. The Morgan fingerprint density at radius 2 is 2.10 bits per heavy atom. The standard InChI is InChI=1S/C22H33N5O2Si/c1-16-22(26(14-24-16)15-28-9-10-30(2,3)4)17-11-19(23)18-13-25-27(20(18)12-17)21-7-5-6-8-29-21/h11-14,21H,5-10,15,23H2,1-4H3. The van der Waals surface area contributed by atoms with Gasteiger partial charge < -0.3 is 19.8 Å². The Kier molecular flexibility index (Phi) is 5.99. The van der Waals surface area contributed by atoms with Crippen LogP contribution in [0, 0.1) is 6.92 Å². The lowest BCUT2D eigenvalue weighted by molar-refractivity contribution is -0.0366. The summed E-state index contributed by atoms with van der Waals surface area (Å²) in [6.07, 6.45) is 6.91. The molecule has 1 atom stereocenters. The summed E-state index contributed by atoms with van der Waals surface area (Å²) in [5, 5.41) is 5.56. The van der Waals surface area contributed by atoms with Gasteiger partial charge in [0.15, 0.2) is 6.23 Å². The van der Waals surface area contributed by atoms with E-state index in [0.29, 0.717) is 6.73 Å². The number of fused-ring (bicyclic) bond motifs is 1. The second-order valence-corrected chi connectivity index (χ2v) is 15.0. The van der Waals surface area contributed by atoms with Gasteiger partial charge in [0.2, 0.25) is 0 Å². The molecule has 2 aromatic heterocycles. The van der Waals surface area contributed by atoms with E-state index >= 15 is 0 Å². The molecule has 1 saturated heterocycles. The maximum absolute atomic E-state index is 6.43. The molecular weight excluding hydrogens is 394 g/mol. The Morgan fingerprint density at radius 3 is 2.83 bits per heavy atom. The van der Waals surface area contributed by atoms with Gasteiger partial charge in [0, 0.05) is 37.9 Å². The van der Waals surface area contributed by atoms with Crippen molar-refractivity contribution in [3.05, 3.63) is 30.4 Å². The summed E-state index contributed by atoms with van der Waals surface area (Å²) >= 11 is 0. The van der Waals surface area contributed by atoms with Crippen LogP contribution >= 0.6 is 0 Å². The lowest BCUT2D eigenvalue weighted by Gasteiger charge is -2.23. The molecule has 1 aromatic carbocycles. The molecule has 1 aliphatic rings. The minimum absolute atomic E-state index is 0.0261. The number of hydrogen-bond acceptors (Lipinski definition) is 5. The first-order chi connectivity index (χ1) is 14.3. The molecule has 0 bridgehead atoms. The van der Waals surface area contributed by atoms with Crippen molar-refractivity contribution < 1.29 is 9.47 Å². The molecule has 0 spiro atoms. The van der Waals surface area contributed by atoms with Gasteiger partial charge in [0.05, 0.1) is 29.4 Å². The van der Waals surface area contributed by atoms with Gasteiger partial charge in [0.1, 0.15) is 6.73 Å². The highest BCUT2D eigenvalue weighted by Gasteiger charge is 2.21. The fraction of sp³-hybridized carbons (Fsp3) is 0.545. The highest BCUT2D eigenvalue weighted by atomic mass is 28.3. The summed E-state index contributed by atoms with van der Waals surface area (Å²) < 4.78 is 16.0. The Balaban J connectivity index is 1.64. The van der Waals surface area contributed by atoms with Crippen LogP contribution in [0.3, 0.4) is 0 Å². The van der Waals surface area contributed by atoms with E-state index in [1.165, 1.54) is 0 Å². The third-order valence-electron chi connectivity index (χ3n) is 5.70. The molecule has 8 heteroatoms. The molecule has 0 aliphatic carbocycles. The van der Waals surface area contributed by atoms with Gasteiger partial charge >= 0.3 is 0 Å². The second kappa shape index (κ2) is 8.53. The number of aromatic nitrogens is 4. The minimum Gasteiger partial charge on any atom is -0.398 e. The fourth-order valence-corrected chi connectivity index (χ4v) is 4.71. The fourth-order valence-electron chi connectivity index (χ4n) is 3.95. The lowest BCUT2D eigenvalue weighted by Crippen LogP contribution is -2.22. The Hall–Kier alpha value is -2.16. The summed E-state index contributed by atoms with van der Waals surface area (Å²) in [5.41, 5.74) is 11.2. The van der Waals surface area contributed by atoms with E-state index in [2.05, 4.69) is 40.4 Å². The van der Waals surface area contributed by atoms with E-state index in [1.54, 1.807) is 0 Å². The molecule has 0 amide bonds. The number of benzene rings is 1. The van der Waals surface area contributed by atoms with Crippen LogP contribution in [0.2, 0.25) is 25.7 Å². The first-order valence-corrected chi connectivity index (χ1v) is 14.5. The zero-order chi connectivity index (χ0) is 21.3. The normalized spacial score (nSPS) is 17.7. The van der Waals surface area contributed by atoms with Crippen LogP contribution in [0.4, 0.5) is 5.69 Å². The highest BCUT2D eigenvalue weighted by molar-refractivity contribution is 6.76. The van der Waals surface area contributed by atoms with Gasteiger partial charge in [-0.05, 0) is 44.4 Å². The Bertz CT molecular complexity index is 1010. The number of nitrogen functional groups attached to an aromatic ring is 1. The van der Waals surface area contributed by atoms with Gasteiger partial charge in [-0.2, -0.15) is 5.10 Å². The first kappa shape index (κ1) is 21.1. The van der Waals surface area contributed by atoms with Gasteiger partial charge in [-0.25, -0.2) is 9.67 Å². The van der Waals surface area contributed by atoms with Crippen molar-refractivity contribution in [2.75, 3.05) is 18.9 Å². The third kappa shape index (κ3) is 4.45. The van der Waals surface area contributed by atoms with Gasteiger partial charge in [-0.3, -0.25) is 0 Å². The molecule has 1 fully saturated rings. The number of ether oxygens (including phenoxy) is 2. The van der Waals surface area contributed by atoms with Crippen molar-refractivity contribution in [1.29, 1.82) is 0 Å². The number of anilines is 1. The topological polar surface area (TPSA) is 80.1 Å². The van der Waals surface area contributed by atoms with Crippen LogP contribution in [-0.2, 0) is 16.2 Å². The first-order valence-electron chi connectivity index (χ1n) is 10.8. The number of rotatable bonds is 7. The average molecular weight is 428 g/mol. The van der Waals surface area contributed by atoms with Crippen LogP contribution in [0.5, 0.6) is 0 Å².